The number of hydrogen-bond donors (Lipinski definition) is 1. The number of carbonyl (C=O) groups is 1. The molecule has 1 N–H and O–H groups in total. The van der Waals surface area contributed by atoms with Crippen LogP contribution in [0.3, 0.4) is 0 Å². The average molecular weight is 384 g/mol. The second kappa shape index (κ2) is 7.84. The molecule has 0 spiro atoms. The lowest BCUT2D eigenvalue weighted by Gasteiger charge is -2.10. The first-order valence-electron chi connectivity index (χ1n) is 7.94. The van der Waals surface area contributed by atoms with Gasteiger partial charge in [-0.3, -0.25) is 19.7 Å². The Bertz CT molecular complexity index is 1080. The van der Waals surface area contributed by atoms with Crippen molar-refractivity contribution in [1.82, 2.24) is 4.57 Å². The molecule has 0 aliphatic carbocycles. The van der Waals surface area contributed by atoms with Crippen molar-refractivity contribution in [1.29, 1.82) is 0 Å². The van der Waals surface area contributed by atoms with E-state index in [2.05, 4.69) is 5.32 Å². The van der Waals surface area contributed by atoms with Crippen molar-refractivity contribution in [3.8, 4) is 0 Å². The summed E-state index contributed by atoms with van der Waals surface area (Å²) in [6, 6.07) is 15.4. The van der Waals surface area contributed by atoms with E-state index in [1.54, 1.807) is 24.3 Å². The summed E-state index contributed by atoms with van der Waals surface area (Å²) in [4.78, 5) is 34.9. The lowest BCUT2D eigenvalue weighted by atomic mass is 10.2. The number of carbonyl (C=O) groups excluding carboxylic acids is 1. The van der Waals surface area contributed by atoms with Gasteiger partial charge in [-0.2, -0.15) is 0 Å². The van der Waals surface area contributed by atoms with Gasteiger partial charge in [0.25, 0.3) is 17.2 Å². The van der Waals surface area contributed by atoms with Crippen LogP contribution < -0.4 is 10.9 Å². The summed E-state index contributed by atoms with van der Waals surface area (Å²) in [7, 11) is 0. The summed E-state index contributed by atoms with van der Waals surface area (Å²) in [6.07, 6.45) is 1.43. The Hall–Kier alpha value is -3.45. The number of hydrogen-bond acceptors (Lipinski definition) is 4. The molecule has 1 aromatic heterocycles. The first-order chi connectivity index (χ1) is 12.9. The SMILES string of the molecule is O=C(Nc1cccc([N+](=O)[O-])c1)c1ccc(=O)n(Cc2ccccc2Cl)c1. The monoisotopic (exact) mass is 383 g/mol. The molecular weight excluding hydrogens is 370 g/mol. The Balaban J connectivity index is 1.84. The largest absolute Gasteiger partial charge is 0.322 e. The Kier molecular flexibility index (Phi) is 5.33. The number of anilines is 1. The van der Waals surface area contributed by atoms with Crippen molar-refractivity contribution >= 4 is 28.9 Å². The molecule has 0 aliphatic heterocycles. The fourth-order valence-corrected chi connectivity index (χ4v) is 2.70. The number of nitro benzene ring substituents is 1. The lowest BCUT2D eigenvalue weighted by molar-refractivity contribution is -0.384. The fraction of sp³-hybridized carbons (Fsp3) is 0.0526. The minimum Gasteiger partial charge on any atom is -0.322 e. The zero-order valence-electron chi connectivity index (χ0n) is 14.0. The van der Waals surface area contributed by atoms with Crippen LogP contribution in [0.5, 0.6) is 0 Å². The quantitative estimate of drug-likeness (QED) is 0.536. The van der Waals surface area contributed by atoms with Crippen molar-refractivity contribution in [3.05, 3.63) is 103 Å². The summed E-state index contributed by atoms with van der Waals surface area (Å²) in [5, 5.41) is 14.0. The van der Waals surface area contributed by atoms with Gasteiger partial charge in [0.15, 0.2) is 0 Å². The van der Waals surface area contributed by atoms with Crippen LogP contribution in [0, 0.1) is 10.1 Å². The highest BCUT2D eigenvalue weighted by Gasteiger charge is 2.12. The van der Waals surface area contributed by atoms with Crippen molar-refractivity contribution in [2.24, 2.45) is 0 Å². The Morgan fingerprint density at radius 1 is 1.11 bits per heavy atom. The van der Waals surface area contributed by atoms with E-state index in [1.807, 2.05) is 6.07 Å². The molecule has 0 bridgehead atoms. The van der Waals surface area contributed by atoms with Gasteiger partial charge in [0.1, 0.15) is 0 Å². The topological polar surface area (TPSA) is 94.2 Å². The number of rotatable bonds is 5. The van der Waals surface area contributed by atoms with Gasteiger partial charge in [-0.25, -0.2) is 0 Å². The van der Waals surface area contributed by atoms with E-state index < -0.39 is 10.8 Å². The van der Waals surface area contributed by atoms with Crippen LogP contribution >= 0.6 is 11.6 Å². The van der Waals surface area contributed by atoms with Gasteiger partial charge in [-0.15, -0.1) is 0 Å². The number of nitrogens with one attached hydrogen (secondary N) is 1. The molecule has 8 heteroatoms. The van der Waals surface area contributed by atoms with Crippen LogP contribution in [0.4, 0.5) is 11.4 Å². The zero-order chi connectivity index (χ0) is 19.4. The first kappa shape index (κ1) is 18.3. The average Bonchev–Trinajstić information content (AvgIpc) is 2.65. The predicted octanol–water partition coefficient (Wildman–Crippen LogP) is 3.71. The highest BCUT2D eigenvalue weighted by molar-refractivity contribution is 6.31. The molecule has 7 nitrogen and oxygen atoms in total. The number of aromatic nitrogens is 1. The maximum absolute atomic E-state index is 12.5. The fourth-order valence-electron chi connectivity index (χ4n) is 2.50. The standard InChI is InChI=1S/C19H14ClN3O4/c20-17-7-2-1-4-13(17)11-22-12-14(8-9-18(22)24)19(25)21-15-5-3-6-16(10-15)23(26)27/h1-10,12H,11H2,(H,21,25). The van der Waals surface area contributed by atoms with Crippen LogP contribution in [-0.2, 0) is 6.54 Å². The molecule has 0 unspecified atom stereocenters. The highest BCUT2D eigenvalue weighted by atomic mass is 35.5. The van der Waals surface area contributed by atoms with E-state index in [4.69, 9.17) is 11.6 Å². The van der Waals surface area contributed by atoms with E-state index in [0.29, 0.717) is 5.02 Å². The summed E-state index contributed by atoms with van der Waals surface area (Å²) >= 11 is 6.13. The number of non-ortho nitro benzene ring substituents is 1. The molecule has 1 heterocycles. The van der Waals surface area contributed by atoms with E-state index in [0.717, 1.165) is 5.56 Å². The normalized spacial score (nSPS) is 10.4. The smallest absolute Gasteiger partial charge is 0.271 e. The third kappa shape index (κ3) is 4.39. The van der Waals surface area contributed by atoms with Crippen molar-refractivity contribution in [2.45, 2.75) is 6.54 Å². The number of halogens is 1. The molecule has 136 valence electrons. The lowest BCUT2D eigenvalue weighted by Crippen LogP contribution is -2.22. The Morgan fingerprint density at radius 2 is 1.89 bits per heavy atom. The third-order valence-corrected chi connectivity index (χ3v) is 4.23. The number of benzene rings is 2. The molecule has 0 saturated carbocycles. The molecule has 2 aromatic carbocycles. The maximum Gasteiger partial charge on any atom is 0.271 e. The summed E-state index contributed by atoms with van der Waals surface area (Å²) in [5.41, 5.74) is 0.877. The summed E-state index contributed by atoms with van der Waals surface area (Å²) in [6.45, 7) is 0.219. The van der Waals surface area contributed by atoms with Gasteiger partial charge in [-0.1, -0.05) is 35.9 Å². The molecule has 27 heavy (non-hydrogen) atoms. The molecule has 0 saturated heterocycles. The van der Waals surface area contributed by atoms with Gasteiger partial charge in [0.05, 0.1) is 17.0 Å². The zero-order valence-corrected chi connectivity index (χ0v) is 14.7. The van der Waals surface area contributed by atoms with Crippen molar-refractivity contribution < 1.29 is 9.72 Å². The summed E-state index contributed by atoms with van der Waals surface area (Å²) in [5.74, 6) is -0.483. The molecule has 3 aromatic rings. The number of nitro groups is 1. The molecule has 0 atom stereocenters. The molecular formula is C19H14ClN3O4. The Labute approximate surface area is 159 Å². The van der Waals surface area contributed by atoms with E-state index >= 15 is 0 Å². The van der Waals surface area contributed by atoms with Crippen LogP contribution in [-0.4, -0.2) is 15.4 Å². The van der Waals surface area contributed by atoms with E-state index in [-0.39, 0.29) is 29.0 Å². The maximum atomic E-state index is 12.5. The number of pyridine rings is 1. The van der Waals surface area contributed by atoms with E-state index in [9.17, 15) is 19.7 Å². The highest BCUT2D eigenvalue weighted by Crippen LogP contribution is 2.18. The van der Waals surface area contributed by atoms with Crippen LogP contribution in [0.1, 0.15) is 15.9 Å². The van der Waals surface area contributed by atoms with Gasteiger partial charge >= 0.3 is 0 Å². The predicted molar refractivity (Wildman–Crippen MR) is 102 cm³/mol. The second-order valence-corrected chi connectivity index (χ2v) is 6.14. The Morgan fingerprint density at radius 3 is 2.63 bits per heavy atom. The molecule has 0 fully saturated rings. The van der Waals surface area contributed by atoms with Crippen molar-refractivity contribution in [3.63, 3.8) is 0 Å². The second-order valence-electron chi connectivity index (χ2n) is 5.74. The number of nitrogens with zero attached hydrogens (tertiary/aromatic N) is 2. The minimum absolute atomic E-state index is 0.128. The minimum atomic E-state index is -0.542. The first-order valence-corrected chi connectivity index (χ1v) is 8.31. The van der Waals surface area contributed by atoms with Gasteiger partial charge in [0.2, 0.25) is 0 Å². The molecule has 0 aliphatic rings. The van der Waals surface area contributed by atoms with Gasteiger partial charge in [-0.05, 0) is 23.8 Å². The van der Waals surface area contributed by atoms with Gasteiger partial charge in [0, 0.05) is 35.1 Å². The van der Waals surface area contributed by atoms with Crippen molar-refractivity contribution in [2.75, 3.05) is 5.32 Å². The molecule has 0 radical (unpaired) electrons. The van der Waals surface area contributed by atoms with Crippen LogP contribution in [0.15, 0.2) is 71.7 Å². The summed E-state index contributed by atoms with van der Waals surface area (Å²) < 4.78 is 1.38. The van der Waals surface area contributed by atoms with Gasteiger partial charge < -0.3 is 9.88 Å². The molecule has 1 amide bonds. The third-order valence-electron chi connectivity index (χ3n) is 3.86. The van der Waals surface area contributed by atoms with Crippen LogP contribution in [0.25, 0.3) is 0 Å². The molecule has 3 rings (SSSR count). The number of amides is 1. The van der Waals surface area contributed by atoms with E-state index in [1.165, 1.54) is 41.1 Å². The van der Waals surface area contributed by atoms with Crippen LogP contribution in [0.2, 0.25) is 5.02 Å².